The van der Waals surface area contributed by atoms with Crippen LogP contribution in [0.25, 0.3) is 0 Å². The zero-order chi connectivity index (χ0) is 32.6. The predicted octanol–water partition coefficient (Wildman–Crippen LogP) is 7.10. The summed E-state index contributed by atoms with van der Waals surface area (Å²) in [5, 5.41) is 20.4. The fourth-order valence-corrected chi connectivity index (χ4v) is 6.22. The molecule has 12 heteroatoms. The summed E-state index contributed by atoms with van der Waals surface area (Å²) in [6.07, 6.45) is -2.31. The molecule has 0 bridgehead atoms. The molecule has 0 spiro atoms. The van der Waals surface area contributed by atoms with E-state index in [9.17, 15) is 23.2 Å². The van der Waals surface area contributed by atoms with E-state index in [0.717, 1.165) is 61.2 Å². The van der Waals surface area contributed by atoms with Crippen molar-refractivity contribution in [2.75, 3.05) is 26.3 Å². The van der Waals surface area contributed by atoms with Crippen molar-refractivity contribution >= 4 is 39.4 Å². The van der Waals surface area contributed by atoms with Gasteiger partial charge in [0.05, 0.1) is 30.9 Å². The number of amides is 1. The highest BCUT2D eigenvalue weighted by Crippen LogP contribution is 2.41. The number of hydrogen-bond donors (Lipinski definition) is 2. The van der Waals surface area contributed by atoms with Gasteiger partial charge in [-0.25, -0.2) is 4.79 Å². The molecule has 2 aliphatic rings. The van der Waals surface area contributed by atoms with E-state index >= 15 is 0 Å². The lowest BCUT2D eigenvalue weighted by molar-refractivity contribution is -0.192. The fraction of sp³-hybridized carbons (Fsp3) is 0.364. The van der Waals surface area contributed by atoms with Gasteiger partial charge in [-0.3, -0.25) is 9.69 Å². The Balaban J connectivity index is 0.000000591. The SMILES string of the molecule is N#Cc1ccc(C(NC(=O)[C@@H]2CC[C@@H](N3CCOCC3)C[C@H]2c2ccc(Br)cc2)c2ccc(Cl)cc2)cc1.O=C(O)C(F)(F)F. The van der Waals surface area contributed by atoms with Crippen LogP contribution in [0.1, 0.15) is 53.5 Å². The molecule has 1 saturated heterocycles. The largest absolute Gasteiger partial charge is 0.490 e. The van der Waals surface area contributed by atoms with Crippen molar-refractivity contribution in [3.05, 3.63) is 105 Å². The number of morpholine rings is 1. The first-order chi connectivity index (χ1) is 21.5. The molecule has 45 heavy (non-hydrogen) atoms. The summed E-state index contributed by atoms with van der Waals surface area (Å²) in [7, 11) is 0. The van der Waals surface area contributed by atoms with Crippen molar-refractivity contribution in [2.45, 2.75) is 43.4 Å². The predicted molar refractivity (Wildman–Crippen MR) is 167 cm³/mol. The Morgan fingerprint density at radius 3 is 2.07 bits per heavy atom. The number of hydrogen-bond acceptors (Lipinski definition) is 5. The smallest absolute Gasteiger partial charge is 0.475 e. The quantitative estimate of drug-likeness (QED) is 0.284. The number of carboxylic acid groups (broad SMARTS) is 1. The van der Waals surface area contributed by atoms with Gasteiger partial charge >= 0.3 is 12.1 Å². The Kier molecular flexibility index (Phi) is 12.0. The van der Waals surface area contributed by atoms with Crippen LogP contribution in [-0.4, -0.2) is 60.4 Å². The van der Waals surface area contributed by atoms with Gasteiger partial charge in [0.2, 0.25) is 5.91 Å². The second-order valence-corrected chi connectivity index (χ2v) is 12.3. The van der Waals surface area contributed by atoms with E-state index in [1.807, 2.05) is 36.4 Å². The molecule has 1 aliphatic carbocycles. The Morgan fingerprint density at radius 1 is 0.978 bits per heavy atom. The lowest BCUT2D eigenvalue weighted by Crippen LogP contribution is -2.48. The number of rotatable bonds is 6. The summed E-state index contributed by atoms with van der Waals surface area (Å²) < 4.78 is 38.4. The highest BCUT2D eigenvalue weighted by molar-refractivity contribution is 9.10. The average molecular weight is 707 g/mol. The Hall–Kier alpha value is -3.43. The maximum absolute atomic E-state index is 14.0. The number of benzene rings is 3. The number of alkyl halides is 3. The number of carboxylic acids is 1. The van der Waals surface area contributed by atoms with Crippen molar-refractivity contribution in [3.63, 3.8) is 0 Å². The topological polar surface area (TPSA) is 103 Å². The Labute approximate surface area is 273 Å². The molecule has 238 valence electrons. The van der Waals surface area contributed by atoms with Crippen molar-refractivity contribution < 1.29 is 32.6 Å². The van der Waals surface area contributed by atoms with Crippen LogP contribution in [0.15, 0.2) is 77.3 Å². The maximum Gasteiger partial charge on any atom is 0.490 e. The summed E-state index contributed by atoms with van der Waals surface area (Å²) >= 11 is 9.72. The van der Waals surface area contributed by atoms with Crippen molar-refractivity contribution in [1.82, 2.24) is 10.2 Å². The highest BCUT2D eigenvalue weighted by atomic mass is 79.9. The molecule has 1 unspecified atom stereocenters. The highest BCUT2D eigenvalue weighted by Gasteiger charge is 2.39. The standard InChI is InChI=1S/C31H31BrClN3O2.C2HF3O2/c32-25-9-5-22(6-10-25)29-19-27(36-15-17-38-18-16-36)13-14-28(29)31(37)35-30(24-7-11-26(33)12-8-24)23-3-1-21(20-34)2-4-23;3-2(4,5)1(6)7/h1-12,27-30H,13-19H2,(H,35,37);(H,6,7)/t27-,28-,29+,30?;/m1./s1. The monoisotopic (exact) mass is 705 g/mol. The van der Waals surface area contributed by atoms with Gasteiger partial charge in [-0.15, -0.1) is 0 Å². The van der Waals surface area contributed by atoms with Crippen LogP contribution >= 0.6 is 27.5 Å². The minimum Gasteiger partial charge on any atom is -0.475 e. The Bertz CT molecular complexity index is 1480. The first kappa shape index (κ1) is 34.4. The first-order valence-corrected chi connectivity index (χ1v) is 15.6. The molecule has 7 nitrogen and oxygen atoms in total. The third-order valence-corrected chi connectivity index (χ3v) is 8.91. The number of ether oxygens (including phenoxy) is 1. The maximum atomic E-state index is 14.0. The minimum atomic E-state index is -5.08. The van der Waals surface area contributed by atoms with Gasteiger partial charge in [0.25, 0.3) is 0 Å². The van der Waals surface area contributed by atoms with Crippen LogP contribution in [0.3, 0.4) is 0 Å². The van der Waals surface area contributed by atoms with Crippen LogP contribution in [0.5, 0.6) is 0 Å². The number of nitriles is 1. The van der Waals surface area contributed by atoms with E-state index in [1.54, 1.807) is 12.1 Å². The molecule has 0 radical (unpaired) electrons. The zero-order valence-electron chi connectivity index (χ0n) is 24.1. The van der Waals surface area contributed by atoms with E-state index in [2.05, 4.69) is 56.5 Å². The molecule has 3 aromatic rings. The van der Waals surface area contributed by atoms with Gasteiger partial charge in [-0.05, 0) is 78.3 Å². The summed E-state index contributed by atoms with van der Waals surface area (Å²) in [5.41, 5.74) is 3.68. The number of aliphatic carboxylic acids is 1. The average Bonchev–Trinajstić information content (AvgIpc) is 3.04. The van der Waals surface area contributed by atoms with Gasteiger partial charge < -0.3 is 15.2 Å². The van der Waals surface area contributed by atoms with Gasteiger partial charge in [-0.2, -0.15) is 18.4 Å². The molecule has 3 aromatic carbocycles. The number of nitrogens with zero attached hydrogens (tertiary/aromatic N) is 2. The van der Waals surface area contributed by atoms with E-state index in [-0.39, 0.29) is 23.8 Å². The van der Waals surface area contributed by atoms with E-state index in [4.69, 9.17) is 26.2 Å². The molecule has 2 N–H and O–H groups in total. The fourth-order valence-electron chi connectivity index (χ4n) is 5.83. The molecular weight excluding hydrogens is 675 g/mol. The number of halogens is 5. The van der Waals surface area contributed by atoms with Crippen LogP contribution < -0.4 is 5.32 Å². The number of carbonyl (C=O) groups is 2. The summed E-state index contributed by atoms with van der Waals surface area (Å²) in [6.45, 7) is 3.45. The normalized spacial score (nSPS) is 21.0. The summed E-state index contributed by atoms with van der Waals surface area (Å²) in [5.74, 6) is -2.71. The number of nitrogens with one attached hydrogen (secondary N) is 1. The second-order valence-electron chi connectivity index (χ2n) is 10.9. The summed E-state index contributed by atoms with van der Waals surface area (Å²) in [6, 6.07) is 25.7. The van der Waals surface area contributed by atoms with Crippen molar-refractivity contribution in [2.24, 2.45) is 5.92 Å². The van der Waals surface area contributed by atoms with E-state index in [1.165, 1.54) is 5.56 Å². The second kappa shape index (κ2) is 15.7. The zero-order valence-corrected chi connectivity index (χ0v) is 26.5. The Morgan fingerprint density at radius 2 is 1.53 bits per heavy atom. The molecule has 1 aliphatic heterocycles. The van der Waals surface area contributed by atoms with E-state index < -0.39 is 12.1 Å². The van der Waals surface area contributed by atoms with Crippen LogP contribution in [0.2, 0.25) is 5.02 Å². The van der Waals surface area contributed by atoms with Crippen molar-refractivity contribution in [3.8, 4) is 6.07 Å². The molecule has 1 amide bonds. The van der Waals surface area contributed by atoms with Crippen LogP contribution in [0, 0.1) is 17.2 Å². The molecular formula is C33H32BrClF3N3O4. The molecule has 1 saturated carbocycles. The summed E-state index contributed by atoms with van der Waals surface area (Å²) in [4.78, 5) is 25.5. The molecule has 2 fully saturated rings. The van der Waals surface area contributed by atoms with Gasteiger partial charge in [-0.1, -0.05) is 63.9 Å². The van der Waals surface area contributed by atoms with Gasteiger partial charge in [0.15, 0.2) is 0 Å². The number of carbonyl (C=O) groups excluding carboxylic acids is 1. The van der Waals surface area contributed by atoms with E-state index in [0.29, 0.717) is 16.6 Å². The molecule has 5 rings (SSSR count). The van der Waals surface area contributed by atoms with Crippen LogP contribution in [-0.2, 0) is 14.3 Å². The third kappa shape index (κ3) is 9.53. The molecule has 1 heterocycles. The lowest BCUT2D eigenvalue weighted by Gasteiger charge is -2.42. The van der Waals surface area contributed by atoms with Crippen LogP contribution in [0.4, 0.5) is 13.2 Å². The van der Waals surface area contributed by atoms with Crippen molar-refractivity contribution in [1.29, 1.82) is 5.26 Å². The molecule has 4 atom stereocenters. The minimum absolute atomic E-state index is 0.0580. The van der Waals surface area contributed by atoms with Gasteiger partial charge in [0.1, 0.15) is 0 Å². The third-order valence-electron chi connectivity index (χ3n) is 8.13. The first-order valence-electron chi connectivity index (χ1n) is 14.4. The lowest BCUT2D eigenvalue weighted by atomic mass is 9.72. The van der Waals surface area contributed by atoms with Gasteiger partial charge in [0, 0.05) is 34.5 Å². The molecule has 0 aromatic heterocycles.